The van der Waals surface area contributed by atoms with Gasteiger partial charge in [0.25, 0.3) is 0 Å². The summed E-state index contributed by atoms with van der Waals surface area (Å²) in [7, 11) is 1.58. The van der Waals surface area contributed by atoms with Crippen LogP contribution >= 0.6 is 0 Å². The number of carboxylic acids is 1. The van der Waals surface area contributed by atoms with Gasteiger partial charge in [-0.05, 0) is 30.4 Å². The van der Waals surface area contributed by atoms with E-state index in [1.807, 2.05) is 0 Å². The molecule has 0 atom stereocenters. The quantitative estimate of drug-likeness (QED) is 0.923. The van der Waals surface area contributed by atoms with Crippen molar-refractivity contribution >= 4 is 22.7 Å². The van der Waals surface area contributed by atoms with Gasteiger partial charge in [0, 0.05) is 25.3 Å². The molecule has 0 aliphatic heterocycles. The molecule has 0 radical (unpaired) electrons. The first-order chi connectivity index (χ1) is 10.0. The van der Waals surface area contributed by atoms with E-state index >= 15 is 0 Å². The van der Waals surface area contributed by atoms with E-state index < -0.39 is 11.8 Å². The zero-order valence-electron chi connectivity index (χ0n) is 11.7. The number of Topliss-reactive ketones (excluding diaryl/α,β-unsaturated/α-hetero) is 1. The molecule has 1 aliphatic rings. The Morgan fingerprint density at radius 1 is 1.33 bits per heavy atom. The maximum absolute atomic E-state index is 14.1. The predicted molar refractivity (Wildman–Crippen MR) is 76.1 cm³/mol. The van der Waals surface area contributed by atoms with Gasteiger partial charge >= 0.3 is 5.97 Å². The molecular weight excluding hydrogens is 273 g/mol. The van der Waals surface area contributed by atoms with Crippen LogP contribution in [0.5, 0.6) is 0 Å². The highest BCUT2D eigenvalue weighted by Gasteiger charge is 2.30. The molecule has 3 rings (SSSR count). The molecule has 4 nitrogen and oxygen atoms in total. The first-order valence-electron chi connectivity index (χ1n) is 7.02. The summed E-state index contributed by atoms with van der Waals surface area (Å²) in [5, 5.41) is 10.2. The van der Waals surface area contributed by atoms with Gasteiger partial charge in [-0.3, -0.25) is 4.79 Å². The van der Waals surface area contributed by atoms with E-state index in [2.05, 4.69) is 0 Å². The minimum absolute atomic E-state index is 0.000648. The highest BCUT2D eigenvalue weighted by atomic mass is 19.1. The molecule has 2 aromatic rings. The molecular formula is C16H16FNO3. The summed E-state index contributed by atoms with van der Waals surface area (Å²) in [5.41, 5.74) is 1.13. The maximum atomic E-state index is 14.1. The molecule has 21 heavy (non-hydrogen) atoms. The van der Waals surface area contributed by atoms with Crippen LogP contribution in [0.2, 0.25) is 0 Å². The number of hydrogen-bond acceptors (Lipinski definition) is 2. The van der Waals surface area contributed by atoms with Crippen molar-refractivity contribution < 1.29 is 19.1 Å². The number of fused-ring (bicyclic) bond motifs is 1. The van der Waals surface area contributed by atoms with Gasteiger partial charge in [0.1, 0.15) is 17.3 Å². The van der Waals surface area contributed by atoms with Gasteiger partial charge in [-0.1, -0.05) is 12.1 Å². The zero-order chi connectivity index (χ0) is 15.1. The van der Waals surface area contributed by atoms with Gasteiger partial charge in [0.05, 0.1) is 5.52 Å². The third-order valence-electron chi connectivity index (χ3n) is 4.36. The van der Waals surface area contributed by atoms with Crippen molar-refractivity contribution in [3.05, 3.63) is 35.3 Å². The summed E-state index contributed by atoms with van der Waals surface area (Å²) in [6.45, 7) is 0. The van der Waals surface area contributed by atoms with E-state index in [4.69, 9.17) is 0 Å². The molecule has 110 valence electrons. The van der Waals surface area contributed by atoms with Crippen LogP contribution in [0, 0.1) is 5.82 Å². The predicted octanol–water partition coefficient (Wildman–Crippen LogP) is 3.24. The Kier molecular flexibility index (Phi) is 3.27. The van der Waals surface area contributed by atoms with Crippen molar-refractivity contribution in [2.75, 3.05) is 0 Å². The van der Waals surface area contributed by atoms with E-state index in [-0.39, 0.29) is 17.4 Å². The Bertz CT molecular complexity index is 738. The van der Waals surface area contributed by atoms with E-state index in [0.29, 0.717) is 42.1 Å². The molecule has 1 heterocycles. The number of hydrogen-bond donors (Lipinski definition) is 1. The van der Waals surface area contributed by atoms with Crippen molar-refractivity contribution in [2.24, 2.45) is 7.05 Å². The number of carbonyl (C=O) groups excluding carboxylic acids is 1. The number of carbonyl (C=O) groups is 2. The lowest BCUT2D eigenvalue weighted by molar-refractivity contribution is -0.120. The Labute approximate surface area is 121 Å². The molecule has 1 N–H and O–H groups in total. The topological polar surface area (TPSA) is 59.3 Å². The number of para-hydroxylation sites is 1. The molecule has 1 aromatic heterocycles. The monoisotopic (exact) mass is 289 g/mol. The lowest BCUT2D eigenvalue weighted by Crippen LogP contribution is -2.16. The van der Waals surface area contributed by atoms with Crippen LogP contribution in [0.15, 0.2) is 18.2 Å². The lowest BCUT2D eigenvalue weighted by Gasteiger charge is -2.21. The number of benzene rings is 1. The number of ketones is 1. The SMILES string of the molecule is Cn1c(C(=O)O)c(C2CCC(=O)CC2)c2cccc(F)c21. The van der Waals surface area contributed by atoms with Gasteiger partial charge in [0.15, 0.2) is 0 Å². The van der Waals surface area contributed by atoms with Crippen molar-refractivity contribution in [3.8, 4) is 0 Å². The van der Waals surface area contributed by atoms with Crippen molar-refractivity contribution in [2.45, 2.75) is 31.6 Å². The van der Waals surface area contributed by atoms with Crippen LogP contribution in [0.1, 0.15) is 47.7 Å². The van der Waals surface area contributed by atoms with E-state index in [9.17, 15) is 19.1 Å². The lowest BCUT2D eigenvalue weighted by atomic mass is 9.82. The molecule has 0 amide bonds. The van der Waals surface area contributed by atoms with Crippen LogP contribution < -0.4 is 0 Å². The van der Waals surface area contributed by atoms with Crippen LogP contribution in [0.4, 0.5) is 4.39 Å². The van der Waals surface area contributed by atoms with E-state index in [1.165, 1.54) is 10.6 Å². The zero-order valence-corrected chi connectivity index (χ0v) is 11.7. The molecule has 1 aliphatic carbocycles. The van der Waals surface area contributed by atoms with Gasteiger partial charge in [-0.15, -0.1) is 0 Å². The first-order valence-corrected chi connectivity index (χ1v) is 7.02. The summed E-state index contributed by atoms with van der Waals surface area (Å²) in [5.74, 6) is -1.26. The summed E-state index contributed by atoms with van der Waals surface area (Å²) in [4.78, 5) is 23.0. The Morgan fingerprint density at radius 2 is 2.00 bits per heavy atom. The number of rotatable bonds is 2. The van der Waals surface area contributed by atoms with E-state index in [0.717, 1.165) is 0 Å². The number of halogens is 1. The van der Waals surface area contributed by atoms with Crippen molar-refractivity contribution in [3.63, 3.8) is 0 Å². The third kappa shape index (κ3) is 2.13. The van der Waals surface area contributed by atoms with Gasteiger partial charge in [0.2, 0.25) is 0 Å². The second-order valence-corrected chi connectivity index (χ2v) is 5.58. The Balaban J connectivity index is 2.25. The van der Waals surface area contributed by atoms with Crippen LogP contribution in [-0.4, -0.2) is 21.4 Å². The number of nitrogens with zero attached hydrogens (tertiary/aromatic N) is 1. The fraction of sp³-hybridized carbons (Fsp3) is 0.375. The molecule has 0 saturated heterocycles. The molecule has 0 spiro atoms. The number of aromatic carboxylic acids is 1. The molecule has 0 bridgehead atoms. The first kappa shape index (κ1) is 13.8. The maximum Gasteiger partial charge on any atom is 0.352 e. The molecule has 5 heteroatoms. The van der Waals surface area contributed by atoms with Crippen molar-refractivity contribution in [1.29, 1.82) is 0 Å². The second kappa shape index (κ2) is 4.98. The number of aromatic nitrogens is 1. The fourth-order valence-electron chi connectivity index (χ4n) is 3.39. The third-order valence-corrected chi connectivity index (χ3v) is 4.36. The average molecular weight is 289 g/mol. The Morgan fingerprint density at radius 3 is 2.62 bits per heavy atom. The summed E-state index contributed by atoms with van der Waals surface area (Å²) < 4.78 is 15.5. The fourth-order valence-corrected chi connectivity index (χ4v) is 3.39. The minimum Gasteiger partial charge on any atom is -0.477 e. The minimum atomic E-state index is -1.06. The molecule has 1 saturated carbocycles. The average Bonchev–Trinajstić information content (AvgIpc) is 2.74. The standard InChI is InChI=1S/C16H16FNO3/c1-18-14-11(3-2-4-12(14)17)13(15(18)16(20)21)9-5-7-10(19)8-6-9/h2-4,9H,5-8H2,1H3,(H,20,21). The van der Waals surface area contributed by atoms with E-state index in [1.54, 1.807) is 19.2 Å². The van der Waals surface area contributed by atoms with Gasteiger partial charge in [-0.25, -0.2) is 9.18 Å². The highest BCUT2D eigenvalue weighted by Crippen LogP contribution is 2.39. The summed E-state index contributed by atoms with van der Waals surface area (Å²) in [6, 6.07) is 4.69. The normalized spacial score (nSPS) is 16.6. The van der Waals surface area contributed by atoms with Crippen LogP contribution in [0.25, 0.3) is 10.9 Å². The second-order valence-electron chi connectivity index (χ2n) is 5.58. The van der Waals surface area contributed by atoms with Crippen LogP contribution in [0.3, 0.4) is 0 Å². The largest absolute Gasteiger partial charge is 0.477 e. The highest BCUT2D eigenvalue weighted by molar-refractivity contribution is 5.99. The molecule has 1 aromatic carbocycles. The smallest absolute Gasteiger partial charge is 0.352 e. The van der Waals surface area contributed by atoms with Crippen molar-refractivity contribution in [1.82, 2.24) is 4.57 Å². The number of aryl methyl sites for hydroxylation is 1. The number of carboxylic acid groups (broad SMARTS) is 1. The van der Waals surface area contributed by atoms with Gasteiger partial charge < -0.3 is 9.67 Å². The Hall–Kier alpha value is -2.17. The van der Waals surface area contributed by atoms with Gasteiger partial charge in [-0.2, -0.15) is 0 Å². The van der Waals surface area contributed by atoms with Crippen LogP contribution in [-0.2, 0) is 11.8 Å². The summed E-state index contributed by atoms with van der Waals surface area (Å²) in [6.07, 6.45) is 2.20. The summed E-state index contributed by atoms with van der Waals surface area (Å²) >= 11 is 0. The molecule has 0 unspecified atom stereocenters. The molecule has 1 fully saturated rings.